The van der Waals surface area contributed by atoms with Crippen molar-refractivity contribution in [2.45, 2.75) is 49.1 Å². The molecule has 1 aliphatic carbocycles. The zero-order valence-corrected chi connectivity index (χ0v) is 10.7. The molecule has 16 heavy (non-hydrogen) atoms. The number of aromatic nitrogens is 4. The smallest absolute Gasteiger partial charge is 0.209 e. The number of tetrazole rings is 1. The fraction of sp³-hybridized carbons (Fsp3) is 0.900. The minimum Gasteiger partial charge on any atom is -0.314 e. The van der Waals surface area contributed by atoms with Crippen molar-refractivity contribution in [1.82, 2.24) is 25.5 Å². The molecule has 2 unspecified atom stereocenters. The van der Waals surface area contributed by atoms with E-state index >= 15 is 0 Å². The van der Waals surface area contributed by atoms with Crippen molar-refractivity contribution in [1.29, 1.82) is 0 Å². The number of nitrogens with zero attached hydrogens (tertiary/aromatic N) is 4. The highest BCUT2D eigenvalue weighted by Crippen LogP contribution is 2.33. The predicted molar refractivity (Wildman–Crippen MR) is 64.4 cm³/mol. The molecule has 90 valence electrons. The van der Waals surface area contributed by atoms with E-state index in [1.807, 2.05) is 18.8 Å². The Morgan fingerprint density at radius 3 is 3.06 bits per heavy atom. The molecule has 0 bridgehead atoms. The Morgan fingerprint density at radius 1 is 1.50 bits per heavy atom. The van der Waals surface area contributed by atoms with Crippen LogP contribution in [0.15, 0.2) is 5.16 Å². The van der Waals surface area contributed by atoms with E-state index in [1.165, 1.54) is 25.7 Å². The van der Waals surface area contributed by atoms with Gasteiger partial charge < -0.3 is 5.32 Å². The van der Waals surface area contributed by atoms with E-state index in [0.717, 1.165) is 11.7 Å². The van der Waals surface area contributed by atoms with E-state index < -0.39 is 0 Å². The third kappa shape index (κ3) is 2.95. The number of rotatable bonds is 5. The summed E-state index contributed by atoms with van der Waals surface area (Å²) in [4.78, 5) is 0. The number of aryl methyl sites for hydroxylation is 1. The molecule has 1 aromatic rings. The van der Waals surface area contributed by atoms with Crippen molar-refractivity contribution in [3.63, 3.8) is 0 Å². The Balaban J connectivity index is 1.79. The average molecular weight is 241 g/mol. The summed E-state index contributed by atoms with van der Waals surface area (Å²) in [6, 6.07) is 0.693. The summed E-state index contributed by atoms with van der Waals surface area (Å²) in [5.74, 6) is 0. The van der Waals surface area contributed by atoms with Crippen molar-refractivity contribution < 1.29 is 0 Å². The molecule has 0 aliphatic heterocycles. The molecule has 6 heteroatoms. The average Bonchev–Trinajstić information content (AvgIpc) is 2.87. The van der Waals surface area contributed by atoms with Crippen LogP contribution in [-0.4, -0.2) is 38.0 Å². The van der Waals surface area contributed by atoms with Gasteiger partial charge in [0.25, 0.3) is 0 Å². The topological polar surface area (TPSA) is 55.6 Å². The molecule has 0 saturated heterocycles. The Hall–Kier alpha value is -0.620. The maximum atomic E-state index is 4.01. The molecule has 2 atom stereocenters. The van der Waals surface area contributed by atoms with E-state index in [9.17, 15) is 0 Å². The number of hydrogen-bond acceptors (Lipinski definition) is 5. The Morgan fingerprint density at radius 2 is 2.38 bits per heavy atom. The normalized spacial score (nSPS) is 25.1. The molecule has 1 aliphatic rings. The van der Waals surface area contributed by atoms with Crippen LogP contribution in [0.25, 0.3) is 0 Å². The monoisotopic (exact) mass is 241 g/mol. The SMILES string of the molecule is CCCNC1CCC(Sc2nnnn2C)C1. The molecule has 2 rings (SSSR count). The van der Waals surface area contributed by atoms with Gasteiger partial charge in [0.1, 0.15) is 0 Å². The third-order valence-corrected chi connectivity index (χ3v) is 4.24. The first-order chi connectivity index (χ1) is 7.79. The van der Waals surface area contributed by atoms with Crippen LogP contribution < -0.4 is 5.32 Å². The van der Waals surface area contributed by atoms with Gasteiger partial charge in [-0.25, -0.2) is 4.68 Å². The van der Waals surface area contributed by atoms with Crippen molar-refractivity contribution in [3.05, 3.63) is 0 Å². The maximum Gasteiger partial charge on any atom is 0.209 e. The number of thioether (sulfide) groups is 1. The summed E-state index contributed by atoms with van der Waals surface area (Å²) in [5, 5.41) is 16.7. The molecule has 0 radical (unpaired) electrons. The van der Waals surface area contributed by atoms with Crippen LogP contribution in [0.4, 0.5) is 0 Å². The van der Waals surface area contributed by atoms with Crippen molar-refractivity contribution in [3.8, 4) is 0 Å². The van der Waals surface area contributed by atoms with Crippen molar-refractivity contribution in [2.24, 2.45) is 7.05 Å². The van der Waals surface area contributed by atoms with Crippen LogP contribution in [0, 0.1) is 0 Å². The summed E-state index contributed by atoms with van der Waals surface area (Å²) in [6.45, 7) is 3.34. The largest absolute Gasteiger partial charge is 0.314 e. The first kappa shape index (κ1) is 11.9. The van der Waals surface area contributed by atoms with Gasteiger partial charge in [0.2, 0.25) is 5.16 Å². The van der Waals surface area contributed by atoms with Crippen molar-refractivity contribution in [2.75, 3.05) is 6.54 Å². The van der Waals surface area contributed by atoms with E-state index in [-0.39, 0.29) is 0 Å². The molecular weight excluding hydrogens is 222 g/mol. The molecule has 0 amide bonds. The van der Waals surface area contributed by atoms with Crippen LogP contribution in [0.3, 0.4) is 0 Å². The van der Waals surface area contributed by atoms with Crippen LogP contribution in [0.2, 0.25) is 0 Å². The van der Waals surface area contributed by atoms with E-state index in [0.29, 0.717) is 11.3 Å². The lowest BCUT2D eigenvalue weighted by Gasteiger charge is -2.11. The maximum absolute atomic E-state index is 4.01. The predicted octanol–water partition coefficient (Wildman–Crippen LogP) is 1.22. The zero-order chi connectivity index (χ0) is 11.4. The minimum absolute atomic E-state index is 0.666. The first-order valence-electron chi connectivity index (χ1n) is 5.92. The molecule has 1 fully saturated rings. The molecule has 0 aromatic carbocycles. The Kier molecular flexibility index (Phi) is 4.17. The second-order valence-electron chi connectivity index (χ2n) is 4.29. The minimum atomic E-state index is 0.666. The van der Waals surface area contributed by atoms with Crippen LogP contribution >= 0.6 is 11.8 Å². The van der Waals surface area contributed by atoms with Gasteiger partial charge in [-0.15, -0.1) is 5.10 Å². The van der Waals surface area contributed by atoms with Crippen molar-refractivity contribution >= 4 is 11.8 Å². The summed E-state index contributed by atoms with van der Waals surface area (Å²) in [6.07, 6.45) is 4.99. The quantitative estimate of drug-likeness (QED) is 0.840. The van der Waals surface area contributed by atoms with Crippen LogP contribution in [0.5, 0.6) is 0 Å². The summed E-state index contributed by atoms with van der Waals surface area (Å²) >= 11 is 1.81. The molecular formula is C10H19N5S. The van der Waals surface area contributed by atoms with E-state index in [1.54, 1.807) is 4.68 Å². The van der Waals surface area contributed by atoms with E-state index in [2.05, 4.69) is 27.8 Å². The highest BCUT2D eigenvalue weighted by molar-refractivity contribution is 7.99. The van der Waals surface area contributed by atoms with Crippen LogP contribution in [-0.2, 0) is 7.05 Å². The molecule has 1 aromatic heterocycles. The van der Waals surface area contributed by atoms with Gasteiger partial charge in [-0.3, -0.25) is 0 Å². The van der Waals surface area contributed by atoms with Gasteiger partial charge in [0.05, 0.1) is 0 Å². The second-order valence-corrected chi connectivity index (χ2v) is 5.56. The zero-order valence-electron chi connectivity index (χ0n) is 9.89. The number of hydrogen-bond donors (Lipinski definition) is 1. The summed E-state index contributed by atoms with van der Waals surface area (Å²) in [5.41, 5.74) is 0. The fourth-order valence-electron chi connectivity index (χ4n) is 2.05. The number of nitrogens with one attached hydrogen (secondary N) is 1. The summed E-state index contributed by atoms with van der Waals surface area (Å²) in [7, 11) is 1.89. The first-order valence-corrected chi connectivity index (χ1v) is 6.80. The fourth-order valence-corrected chi connectivity index (χ4v) is 3.20. The Labute approximate surface area is 100 Å². The van der Waals surface area contributed by atoms with Gasteiger partial charge in [-0.1, -0.05) is 18.7 Å². The lowest BCUT2D eigenvalue weighted by Crippen LogP contribution is -2.27. The molecule has 0 spiro atoms. The third-order valence-electron chi connectivity index (χ3n) is 2.92. The molecule has 5 nitrogen and oxygen atoms in total. The lowest BCUT2D eigenvalue weighted by atomic mass is 10.2. The second kappa shape index (κ2) is 5.63. The van der Waals surface area contributed by atoms with E-state index in [4.69, 9.17) is 0 Å². The summed E-state index contributed by atoms with van der Waals surface area (Å²) < 4.78 is 1.75. The highest BCUT2D eigenvalue weighted by Gasteiger charge is 2.26. The Bertz CT molecular complexity index is 327. The van der Waals surface area contributed by atoms with Crippen LogP contribution in [0.1, 0.15) is 32.6 Å². The lowest BCUT2D eigenvalue weighted by molar-refractivity contribution is 0.524. The highest BCUT2D eigenvalue weighted by atomic mass is 32.2. The van der Waals surface area contributed by atoms with Gasteiger partial charge in [0.15, 0.2) is 0 Å². The molecule has 1 heterocycles. The van der Waals surface area contributed by atoms with Gasteiger partial charge in [0, 0.05) is 18.3 Å². The molecule has 1 saturated carbocycles. The standard InChI is InChI=1S/C10H19N5S/c1-3-6-11-8-4-5-9(7-8)16-10-12-13-14-15(10)2/h8-9,11H,3-7H2,1-2H3. The van der Waals surface area contributed by atoms with Gasteiger partial charge in [-0.05, 0) is 42.7 Å². The van der Waals surface area contributed by atoms with Gasteiger partial charge in [-0.2, -0.15) is 0 Å². The van der Waals surface area contributed by atoms with Gasteiger partial charge >= 0.3 is 0 Å². The molecule has 1 N–H and O–H groups in total.